The molecule has 0 heterocycles. The number of aliphatic imine (C=N–C) groups is 1. The van der Waals surface area contributed by atoms with Crippen LogP contribution >= 0.6 is 0 Å². The number of alkyl halides is 3. The SMILES string of the molecule is C=C(C)/C(=C1/CCC=CC1=NC)C(F)(F)F. The first-order valence-electron chi connectivity index (χ1n) is 4.98. The number of hydrogen-bond donors (Lipinski definition) is 0. The third kappa shape index (κ3) is 2.62. The van der Waals surface area contributed by atoms with Crippen molar-refractivity contribution in [2.75, 3.05) is 7.05 Å². The van der Waals surface area contributed by atoms with Gasteiger partial charge in [0, 0.05) is 7.05 Å². The molecule has 1 aliphatic rings. The van der Waals surface area contributed by atoms with E-state index in [0.29, 0.717) is 18.6 Å². The molecule has 1 aliphatic carbocycles. The zero-order valence-corrected chi connectivity index (χ0v) is 9.36. The van der Waals surface area contributed by atoms with Gasteiger partial charge < -0.3 is 0 Å². The lowest BCUT2D eigenvalue weighted by atomic mass is 9.90. The van der Waals surface area contributed by atoms with Gasteiger partial charge in [0.15, 0.2) is 0 Å². The highest BCUT2D eigenvalue weighted by atomic mass is 19.4. The molecule has 1 rings (SSSR count). The van der Waals surface area contributed by atoms with E-state index in [1.54, 1.807) is 6.08 Å². The molecule has 0 N–H and O–H groups in total. The van der Waals surface area contributed by atoms with E-state index in [2.05, 4.69) is 11.6 Å². The van der Waals surface area contributed by atoms with Crippen LogP contribution in [0.2, 0.25) is 0 Å². The first-order valence-corrected chi connectivity index (χ1v) is 4.98. The van der Waals surface area contributed by atoms with Crippen LogP contribution in [0.15, 0.2) is 40.4 Å². The van der Waals surface area contributed by atoms with Crippen LogP contribution in [-0.2, 0) is 0 Å². The minimum absolute atomic E-state index is 0.0407. The van der Waals surface area contributed by atoms with Crippen molar-refractivity contribution in [2.45, 2.75) is 25.9 Å². The number of rotatable bonds is 1. The first-order chi connectivity index (χ1) is 7.38. The normalized spacial score (nSPS) is 22.4. The molecule has 88 valence electrons. The van der Waals surface area contributed by atoms with Crippen LogP contribution in [0.5, 0.6) is 0 Å². The van der Waals surface area contributed by atoms with Gasteiger partial charge in [0.1, 0.15) is 0 Å². The third-order valence-electron chi connectivity index (χ3n) is 2.40. The molecule has 0 amide bonds. The summed E-state index contributed by atoms with van der Waals surface area (Å²) >= 11 is 0. The Bertz CT molecular complexity index is 384. The van der Waals surface area contributed by atoms with E-state index in [1.807, 2.05) is 6.08 Å². The van der Waals surface area contributed by atoms with Crippen LogP contribution < -0.4 is 0 Å². The molecule has 0 saturated heterocycles. The first kappa shape index (κ1) is 12.7. The Morgan fingerprint density at radius 3 is 2.50 bits per heavy atom. The van der Waals surface area contributed by atoms with Gasteiger partial charge >= 0.3 is 6.18 Å². The van der Waals surface area contributed by atoms with Crippen LogP contribution in [0, 0.1) is 0 Å². The van der Waals surface area contributed by atoms with Crippen LogP contribution in [0.3, 0.4) is 0 Å². The smallest absolute Gasteiger partial charge is 0.288 e. The Labute approximate surface area is 93.1 Å². The van der Waals surface area contributed by atoms with Gasteiger partial charge in [-0.2, -0.15) is 13.2 Å². The number of nitrogens with zero attached hydrogens (tertiary/aromatic N) is 1. The van der Waals surface area contributed by atoms with Gasteiger partial charge in [-0.15, -0.1) is 0 Å². The van der Waals surface area contributed by atoms with E-state index < -0.39 is 11.7 Å². The van der Waals surface area contributed by atoms with Crippen LogP contribution in [0.25, 0.3) is 0 Å². The zero-order valence-electron chi connectivity index (χ0n) is 9.36. The van der Waals surface area contributed by atoms with Gasteiger partial charge in [0.25, 0.3) is 0 Å². The van der Waals surface area contributed by atoms with Crippen molar-refractivity contribution in [3.63, 3.8) is 0 Å². The van der Waals surface area contributed by atoms with Crippen LogP contribution in [0.1, 0.15) is 19.8 Å². The highest BCUT2D eigenvalue weighted by Crippen LogP contribution is 2.36. The second-order valence-corrected chi connectivity index (χ2v) is 3.68. The maximum Gasteiger partial charge on any atom is 0.416 e. The molecule has 0 unspecified atom stereocenters. The molecule has 0 fully saturated rings. The average Bonchev–Trinajstić information content (AvgIpc) is 2.15. The Hall–Kier alpha value is -1.32. The van der Waals surface area contributed by atoms with Gasteiger partial charge in [0.05, 0.1) is 11.3 Å². The Balaban J connectivity index is 3.37. The molecule has 0 saturated carbocycles. The van der Waals surface area contributed by atoms with Gasteiger partial charge in [-0.3, -0.25) is 4.99 Å². The fourth-order valence-electron chi connectivity index (χ4n) is 1.78. The van der Waals surface area contributed by atoms with Gasteiger partial charge in [-0.1, -0.05) is 12.7 Å². The molecule has 16 heavy (non-hydrogen) atoms. The van der Waals surface area contributed by atoms with Crippen molar-refractivity contribution in [1.82, 2.24) is 0 Å². The lowest BCUT2D eigenvalue weighted by Gasteiger charge is -2.20. The molecule has 4 heteroatoms. The van der Waals surface area contributed by atoms with Gasteiger partial charge in [0.2, 0.25) is 0 Å². The summed E-state index contributed by atoms with van der Waals surface area (Å²) in [6.07, 6.45) is 0.0835. The topological polar surface area (TPSA) is 12.4 Å². The molecule has 0 aromatic heterocycles. The lowest BCUT2D eigenvalue weighted by Crippen LogP contribution is -2.19. The second-order valence-electron chi connectivity index (χ2n) is 3.68. The van der Waals surface area contributed by atoms with E-state index in [1.165, 1.54) is 14.0 Å². The second kappa shape index (κ2) is 4.68. The predicted molar refractivity (Wildman–Crippen MR) is 59.6 cm³/mol. The Morgan fingerprint density at radius 2 is 2.06 bits per heavy atom. The van der Waals surface area contributed by atoms with E-state index in [9.17, 15) is 13.2 Å². The maximum atomic E-state index is 12.9. The van der Waals surface area contributed by atoms with Crippen molar-refractivity contribution >= 4 is 5.71 Å². The average molecular weight is 229 g/mol. The minimum Gasteiger partial charge on any atom is -0.288 e. The van der Waals surface area contributed by atoms with E-state index >= 15 is 0 Å². The highest BCUT2D eigenvalue weighted by molar-refractivity contribution is 6.10. The van der Waals surface area contributed by atoms with Gasteiger partial charge in [-0.25, -0.2) is 0 Å². The van der Waals surface area contributed by atoms with Crippen molar-refractivity contribution in [3.05, 3.63) is 35.5 Å². The van der Waals surface area contributed by atoms with Crippen molar-refractivity contribution < 1.29 is 13.2 Å². The molecular weight excluding hydrogens is 215 g/mol. The molecule has 0 aromatic carbocycles. The van der Waals surface area contributed by atoms with Crippen LogP contribution in [0.4, 0.5) is 13.2 Å². The summed E-state index contributed by atoms with van der Waals surface area (Å²) in [5, 5.41) is 0. The van der Waals surface area contributed by atoms with E-state index in [-0.39, 0.29) is 11.1 Å². The number of hydrogen-bond acceptors (Lipinski definition) is 1. The number of allylic oxidation sites excluding steroid dienone is 5. The van der Waals surface area contributed by atoms with E-state index in [0.717, 1.165) is 0 Å². The van der Waals surface area contributed by atoms with Crippen molar-refractivity contribution in [3.8, 4) is 0 Å². The predicted octanol–water partition coefficient (Wildman–Crippen LogP) is 3.84. The summed E-state index contributed by atoms with van der Waals surface area (Å²) < 4.78 is 38.6. The molecule has 0 aliphatic heterocycles. The number of halogens is 3. The van der Waals surface area contributed by atoms with E-state index in [4.69, 9.17) is 0 Å². The quantitative estimate of drug-likeness (QED) is 0.647. The lowest BCUT2D eigenvalue weighted by molar-refractivity contribution is -0.0898. The fraction of sp³-hybridized carbons (Fsp3) is 0.417. The summed E-state index contributed by atoms with van der Waals surface area (Å²) in [4.78, 5) is 3.88. The molecule has 1 nitrogen and oxygen atoms in total. The largest absolute Gasteiger partial charge is 0.416 e. The summed E-state index contributed by atoms with van der Waals surface area (Å²) in [6.45, 7) is 4.79. The molecule has 0 radical (unpaired) electrons. The standard InChI is InChI=1S/C12H14F3N/c1-8(2)11(12(13,14)15)9-6-4-5-7-10(9)16-3/h5,7H,1,4,6H2,2-3H3/b11-9+,16-10?. The molecule has 0 atom stereocenters. The summed E-state index contributed by atoms with van der Waals surface area (Å²) in [6, 6.07) is 0. The third-order valence-corrected chi connectivity index (χ3v) is 2.40. The summed E-state index contributed by atoms with van der Waals surface area (Å²) in [5.41, 5.74) is 0.0722. The highest BCUT2D eigenvalue weighted by Gasteiger charge is 2.37. The minimum atomic E-state index is -4.36. The summed E-state index contributed by atoms with van der Waals surface area (Å²) in [5.74, 6) is 0. The van der Waals surface area contributed by atoms with Crippen molar-refractivity contribution in [2.24, 2.45) is 4.99 Å². The Kier molecular flexibility index (Phi) is 3.73. The van der Waals surface area contributed by atoms with Gasteiger partial charge in [-0.05, 0) is 37.0 Å². The molecule has 0 aromatic rings. The molecular formula is C12H14F3N. The zero-order chi connectivity index (χ0) is 12.3. The maximum absolute atomic E-state index is 12.9. The fourth-order valence-corrected chi connectivity index (χ4v) is 1.78. The summed E-state index contributed by atoms with van der Waals surface area (Å²) in [7, 11) is 1.50. The molecule has 0 spiro atoms. The van der Waals surface area contributed by atoms with Crippen LogP contribution in [-0.4, -0.2) is 18.9 Å². The van der Waals surface area contributed by atoms with Crippen molar-refractivity contribution in [1.29, 1.82) is 0 Å². The Morgan fingerprint density at radius 1 is 1.44 bits per heavy atom. The molecule has 0 bridgehead atoms. The monoisotopic (exact) mass is 229 g/mol.